The van der Waals surface area contributed by atoms with Crippen molar-refractivity contribution in [1.82, 2.24) is 19.7 Å². The first kappa shape index (κ1) is 18.0. The summed E-state index contributed by atoms with van der Waals surface area (Å²) in [5.41, 5.74) is 0.778. The van der Waals surface area contributed by atoms with Crippen molar-refractivity contribution in [3.05, 3.63) is 73.8 Å². The molecule has 2 N–H and O–H groups in total. The summed E-state index contributed by atoms with van der Waals surface area (Å²) in [7, 11) is 0. The van der Waals surface area contributed by atoms with Crippen molar-refractivity contribution in [2.75, 3.05) is 5.32 Å². The molecular weight excluding hydrogens is 352 g/mol. The first-order valence-electron chi connectivity index (χ1n) is 8.10. The third-order valence-electron chi connectivity index (χ3n) is 3.74. The minimum Gasteiger partial charge on any atom is -0.306 e. The first-order valence-corrected chi connectivity index (χ1v) is 8.10. The molecule has 0 aliphatic carbocycles. The van der Waals surface area contributed by atoms with Gasteiger partial charge in [0, 0.05) is 35.5 Å². The number of nitro groups is 1. The Morgan fingerprint density at radius 2 is 2.11 bits per heavy atom. The third-order valence-corrected chi connectivity index (χ3v) is 3.74. The monoisotopic (exact) mass is 368 g/mol. The maximum absolute atomic E-state index is 12.5. The summed E-state index contributed by atoms with van der Waals surface area (Å²) >= 11 is 0. The van der Waals surface area contributed by atoms with Crippen LogP contribution >= 0.6 is 0 Å². The molecule has 0 saturated heterocycles. The number of aryl methyl sites for hydroxylation is 2. The molecule has 0 bridgehead atoms. The first-order chi connectivity index (χ1) is 12.9. The normalized spacial score (nSPS) is 10.6. The number of rotatable bonds is 5. The summed E-state index contributed by atoms with van der Waals surface area (Å²) in [5, 5.41) is 17.8. The quantitative estimate of drug-likeness (QED) is 0.522. The van der Waals surface area contributed by atoms with Crippen molar-refractivity contribution in [3.63, 3.8) is 0 Å². The average molecular weight is 368 g/mol. The highest BCUT2D eigenvalue weighted by Gasteiger charge is 2.16. The number of amides is 1. The number of nitrogens with zero attached hydrogens (tertiary/aromatic N) is 4. The number of anilines is 1. The molecule has 3 aromatic rings. The van der Waals surface area contributed by atoms with Gasteiger partial charge in [-0.3, -0.25) is 24.7 Å². The molecule has 0 fully saturated rings. The van der Waals surface area contributed by atoms with Crippen molar-refractivity contribution >= 4 is 17.4 Å². The minimum absolute atomic E-state index is 0.123. The van der Waals surface area contributed by atoms with Crippen LogP contribution in [0.1, 0.15) is 28.7 Å². The lowest BCUT2D eigenvalue weighted by molar-refractivity contribution is -0.384. The molecule has 0 aliphatic heterocycles. The molecule has 138 valence electrons. The summed E-state index contributed by atoms with van der Waals surface area (Å²) in [6.07, 6.45) is 0.562. The fourth-order valence-electron chi connectivity index (χ4n) is 2.47. The van der Waals surface area contributed by atoms with Gasteiger partial charge in [0.25, 0.3) is 17.2 Å². The third kappa shape index (κ3) is 3.89. The molecule has 3 rings (SSSR count). The fraction of sp³-hybridized carbons (Fsp3) is 0.176. The number of nitro benzene ring substituents is 1. The summed E-state index contributed by atoms with van der Waals surface area (Å²) in [4.78, 5) is 41.5. The molecule has 0 unspecified atom stereocenters. The Morgan fingerprint density at radius 3 is 2.81 bits per heavy atom. The standard InChI is InChI=1S/C17H16N6O4/c1-3-12-9-15(24)20-17(18-12)22-14(7-10(2)21-22)19-16(25)11-5-4-6-13(8-11)23(26)27/h4-9H,3H2,1-2H3,(H,19,25)(H,18,20,24). The number of carbonyl (C=O) groups is 1. The SMILES string of the molecule is CCc1cc(=O)[nH]c(-n2nc(C)cc2NC(=O)c2cccc([N+](=O)[O-])c2)n1. The summed E-state index contributed by atoms with van der Waals surface area (Å²) < 4.78 is 1.31. The van der Waals surface area contributed by atoms with Gasteiger partial charge in [0.2, 0.25) is 5.95 Å². The Morgan fingerprint density at radius 1 is 1.33 bits per heavy atom. The Balaban J connectivity index is 1.96. The smallest absolute Gasteiger partial charge is 0.270 e. The van der Waals surface area contributed by atoms with Crippen LogP contribution in [0.4, 0.5) is 11.5 Å². The van der Waals surface area contributed by atoms with E-state index in [9.17, 15) is 19.7 Å². The van der Waals surface area contributed by atoms with Crippen LogP contribution in [-0.2, 0) is 6.42 Å². The predicted octanol–water partition coefficient (Wildman–Crippen LogP) is 1.99. The van der Waals surface area contributed by atoms with Gasteiger partial charge in [0.15, 0.2) is 0 Å². The number of nitrogens with one attached hydrogen (secondary N) is 2. The molecule has 0 radical (unpaired) electrons. The second-order valence-electron chi connectivity index (χ2n) is 5.76. The van der Waals surface area contributed by atoms with Crippen LogP contribution in [0.2, 0.25) is 0 Å². The summed E-state index contributed by atoms with van der Waals surface area (Å²) in [6.45, 7) is 3.59. The van der Waals surface area contributed by atoms with Gasteiger partial charge in [-0.25, -0.2) is 4.98 Å². The molecule has 10 nitrogen and oxygen atoms in total. The predicted molar refractivity (Wildman–Crippen MR) is 97.1 cm³/mol. The zero-order valence-corrected chi connectivity index (χ0v) is 14.6. The molecule has 1 aromatic carbocycles. The second-order valence-corrected chi connectivity index (χ2v) is 5.76. The molecular formula is C17H16N6O4. The van der Waals surface area contributed by atoms with Gasteiger partial charge in [-0.1, -0.05) is 13.0 Å². The van der Waals surface area contributed by atoms with Crippen LogP contribution in [0.25, 0.3) is 5.95 Å². The molecule has 0 saturated carbocycles. The second kappa shape index (κ2) is 7.20. The lowest BCUT2D eigenvalue weighted by atomic mass is 10.2. The maximum atomic E-state index is 12.5. The van der Waals surface area contributed by atoms with E-state index in [2.05, 4.69) is 20.4 Å². The van der Waals surface area contributed by atoms with E-state index in [0.717, 1.165) is 0 Å². The van der Waals surface area contributed by atoms with Crippen LogP contribution in [-0.4, -0.2) is 30.6 Å². The van der Waals surface area contributed by atoms with Gasteiger partial charge in [0.1, 0.15) is 5.82 Å². The molecule has 10 heteroatoms. The van der Waals surface area contributed by atoms with E-state index in [-0.39, 0.29) is 28.6 Å². The maximum Gasteiger partial charge on any atom is 0.270 e. The molecule has 0 spiro atoms. The van der Waals surface area contributed by atoms with E-state index in [1.165, 1.54) is 35.0 Å². The number of H-pyrrole nitrogens is 1. The van der Waals surface area contributed by atoms with E-state index in [0.29, 0.717) is 17.8 Å². The average Bonchev–Trinajstić information content (AvgIpc) is 3.01. The molecule has 2 aromatic heterocycles. The number of aromatic amines is 1. The van der Waals surface area contributed by atoms with Gasteiger partial charge in [-0.2, -0.15) is 9.78 Å². The van der Waals surface area contributed by atoms with Gasteiger partial charge in [-0.05, 0) is 19.4 Å². The summed E-state index contributed by atoms with van der Waals surface area (Å²) in [6, 6.07) is 8.37. The Kier molecular flexibility index (Phi) is 4.79. The van der Waals surface area contributed by atoms with Crippen molar-refractivity contribution < 1.29 is 9.72 Å². The Bertz CT molecular complexity index is 1090. The minimum atomic E-state index is -0.573. The fourth-order valence-corrected chi connectivity index (χ4v) is 2.47. The van der Waals surface area contributed by atoms with E-state index in [1.54, 1.807) is 13.0 Å². The van der Waals surface area contributed by atoms with E-state index >= 15 is 0 Å². The van der Waals surface area contributed by atoms with Crippen LogP contribution in [0, 0.1) is 17.0 Å². The number of hydrogen-bond acceptors (Lipinski definition) is 6. The molecule has 1 amide bonds. The largest absolute Gasteiger partial charge is 0.306 e. The van der Waals surface area contributed by atoms with Crippen molar-refractivity contribution in [2.24, 2.45) is 0 Å². The van der Waals surface area contributed by atoms with E-state index in [4.69, 9.17) is 0 Å². The van der Waals surface area contributed by atoms with Crippen LogP contribution in [0.3, 0.4) is 0 Å². The molecule has 0 atom stereocenters. The number of carbonyl (C=O) groups excluding carboxylic acids is 1. The molecule has 0 aliphatic rings. The van der Waals surface area contributed by atoms with Crippen LogP contribution < -0.4 is 10.9 Å². The number of hydrogen-bond donors (Lipinski definition) is 2. The van der Waals surface area contributed by atoms with Gasteiger partial charge in [-0.15, -0.1) is 0 Å². The van der Waals surface area contributed by atoms with Crippen LogP contribution in [0.15, 0.2) is 41.2 Å². The lowest BCUT2D eigenvalue weighted by Crippen LogP contribution is -2.19. The Hall–Kier alpha value is -3.82. The lowest BCUT2D eigenvalue weighted by Gasteiger charge is -2.09. The van der Waals surface area contributed by atoms with Crippen molar-refractivity contribution in [1.29, 1.82) is 0 Å². The van der Waals surface area contributed by atoms with Crippen molar-refractivity contribution in [3.8, 4) is 5.95 Å². The van der Waals surface area contributed by atoms with Gasteiger partial charge < -0.3 is 5.32 Å². The van der Waals surface area contributed by atoms with Crippen molar-refractivity contribution in [2.45, 2.75) is 20.3 Å². The topological polar surface area (TPSA) is 136 Å². The molecule has 2 heterocycles. The Labute approximate surface area is 153 Å². The zero-order valence-electron chi connectivity index (χ0n) is 14.6. The van der Waals surface area contributed by atoms with E-state index < -0.39 is 10.8 Å². The zero-order chi connectivity index (χ0) is 19.6. The number of aromatic nitrogens is 4. The van der Waals surface area contributed by atoms with Crippen LogP contribution in [0.5, 0.6) is 0 Å². The van der Waals surface area contributed by atoms with E-state index in [1.807, 2.05) is 6.92 Å². The number of non-ortho nitro benzene ring substituents is 1. The summed E-state index contributed by atoms with van der Waals surface area (Å²) in [5.74, 6) is -0.101. The molecule has 27 heavy (non-hydrogen) atoms. The van der Waals surface area contributed by atoms with Gasteiger partial charge >= 0.3 is 0 Å². The van der Waals surface area contributed by atoms with Gasteiger partial charge in [0.05, 0.1) is 10.6 Å². The number of benzene rings is 1. The highest BCUT2D eigenvalue weighted by molar-refractivity contribution is 6.04. The highest BCUT2D eigenvalue weighted by Crippen LogP contribution is 2.17. The highest BCUT2D eigenvalue weighted by atomic mass is 16.6.